The monoisotopic (exact) mass is 215 g/mol. The number of rotatable bonds is 2. The maximum atomic E-state index is 11.7. The third kappa shape index (κ3) is 3.68. The van der Waals surface area contributed by atoms with Crippen LogP contribution in [0.2, 0.25) is 0 Å². The lowest BCUT2D eigenvalue weighted by molar-refractivity contribution is 0.00263. The van der Waals surface area contributed by atoms with Gasteiger partial charge in [0.05, 0.1) is 0 Å². The second-order valence-electron chi connectivity index (χ2n) is 4.50. The van der Waals surface area contributed by atoms with Crippen molar-refractivity contribution in [2.24, 2.45) is 5.84 Å². The Hall–Kier alpha value is -0.810. The normalized spacial score (nSPS) is 19.1. The molecule has 0 atom stereocenters. The molecule has 0 unspecified atom stereocenters. The Labute approximate surface area is 91.1 Å². The van der Waals surface area contributed by atoms with Gasteiger partial charge in [-0.25, -0.2) is 9.80 Å². The Morgan fingerprint density at radius 3 is 2.33 bits per heavy atom. The van der Waals surface area contributed by atoms with Crippen LogP contribution in [0.3, 0.4) is 0 Å². The van der Waals surface area contributed by atoms with Gasteiger partial charge in [0.25, 0.3) is 0 Å². The summed E-state index contributed by atoms with van der Waals surface area (Å²) < 4.78 is 5.39. The Bertz CT molecular complexity index is 223. The van der Waals surface area contributed by atoms with Gasteiger partial charge >= 0.3 is 6.09 Å². The molecule has 2 N–H and O–H groups in total. The van der Waals surface area contributed by atoms with Gasteiger partial charge in [0.1, 0.15) is 5.60 Å². The molecular weight excluding hydrogens is 194 g/mol. The van der Waals surface area contributed by atoms with Crippen LogP contribution in [0.5, 0.6) is 0 Å². The molecule has 0 bridgehead atoms. The summed E-state index contributed by atoms with van der Waals surface area (Å²) in [4.78, 5) is 13.4. The Balaban J connectivity index is 2.41. The fourth-order valence-corrected chi connectivity index (χ4v) is 1.28. The summed E-state index contributed by atoms with van der Waals surface area (Å²) in [6.45, 7) is 8.56. The number of hydrogen-bond donors (Lipinski definition) is 1. The van der Waals surface area contributed by atoms with E-state index in [2.05, 4.69) is 0 Å². The minimum Gasteiger partial charge on any atom is -0.443 e. The highest BCUT2D eigenvalue weighted by molar-refractivity contribution is 5.68. The first-order chi connectivity index (χ1) is 6.94. The van der Waals surface area contributed by atoms with E-state index in [0.29, 0.717) is 26.2 Å². The highest BCUT2D eigenvalue weighted by atomic mass is 16.6. The smallest absolute Gasteiger partial charge is 0.410 e. The first kappa shape index (κ1) is 12.3. The van der Waals surface area contributed by atoms with Crippen molar-refractivity contribution < 1.29 is 9.53 Å². The third-order valence-electron chi connectivity index (χ3n) is 2.79. The van der Waals surface area contributed by atoms with E-state index in [1.165, 1.54) is 0 Å². The maximum absolute atomic E-state index is 11.7. The average Bonchev–Trinajstić information content (AvgIpc) is 2.18. The number of ether oxygens (including phenoxy) is 1. The first-order valence-electron chi connectivity index (χ1n) is 5.42. The van der Waals surface area contributed by atoms with Gasteiger partial charge in [-0.3, -0.25) is 5.84 Å². The van der Waals surface area contributed by atoms with Gasteiger partial charge in [0.2, 0.25) is 0 Å². The lowest BCUT2D eigenvalue weighted by Crippen LogP contribution is -2.52. The van der Waals surface area contributed by atoms with Crippen molar-refractivity contribution in [2.45, 2.75) is 32.8 Å². The van der Waals surface area contributed by atoms with Crippen LogP contribution in [-0.4, -0.2) is 47.8 Å². The summed E-state index contributed by atoms with van der Waals surface area (Å²) in [7, 11) is 0. The first-order valence-corrected chi connectivity index (χ1v) is 5.42. The Morgan fingerprint density at radius 2 is 1.87 bits per heavy atom. The lowest BCUT2D eigenvalue weighted by atomic mass is 10.1. The van der Waals surface area contributed by atoms with Crippen molar-refractivity contribution in [3.63, 3.8) is 0 Å². The third-order valence-corrected chi connectivity index (χ3v) is 2.79. The molecule has 0 aromatic rings. The fraction of sp³-hybridized carbons (Fsp3) is 0.900. The van der Waals surface area contributed by atoms with Crippen molar-refractivity contribution in [2.75, 3.05) is 26.2 Å². The molecule has 0 saturated carbocycles. The van der Waals surface area contributed by atoms with Crippen molar-refractivity contribution in [3.05, 3.63) is 0 Å². The predicted octanol–water partition coefficient (Wildman–Crippen LogP) is 0.803. The number of hydrogen-bond acceptors (Lipinski definition) is 4. The molecule has 1 heterocycles. The zero-order chi connectivity index (χ0) is 11.5. The molecule has 1 saturated heterocycles. The molecule has 15 heavy (non-hydrogen) atoms. The quantitative estimate of drug-likeness (QED) is 0.692. The fourth-order valence-electron chi connectivity index (χ4n) is 1.28. The summed E-state index contributed by atoms with van der Waals surface area (Å²) >= 11 is 0. The van der Waals surface area contributed by atoms with E-state index < -0.39 is 0 Å². The zero-order valence-electron chi connectivity index (χ0n) is 9.82. The van der Waals surface area contributed by atoms with E-state index >= 15 is 0 Å². The molecule has 0 spiro atoms. The minimum atomic E-state index is -0.378. The topological polar surface area (TPSA) is 58.8 Å². The molecule has 1 aliphatic rings. The average molecular weight is 215 g/mol. The molecule has 0 radical (unpaired) electrons. The van der Waals surface area contributed by atoms with Gasteiger partial charge in [0.15, 0.2) is 0 Å². The van der Waals surface area contributed by atoms with Gasteiger partial charge in [0, 0.05) is 26.2 Å². The molecule has 0 aliphatic carbocycles. The van der Waals surface area contributed by atoms with Crippen molar-refractivity contribution in [1.29, 1.82) is 0 Å². The highest BCUT2D eigenvalue weighted by Gasteiger charge is 2.26. The van der Waals surface area contributed by atoms with Gasteiger partial charge in [-0.1, -0.05) is 6.92 Å². The van der Waals surface area contributed by atoms with Crippen molar-refractivity contribution >= 4 is 6.09 Å². The number of carbonyl (C=O) groups excluding carboxylic acids is 1. The highest BCUT2D eigenvalue weighted by Crippen LogP contribution is 2.15. The van der Waals surface area contributed by atoms with Gasteiger partial charge in [-0.05, 0) is 20.3 Å². The number of piperazine rings is 1. The zero-order valence-corrected chi connectivity index (χ0v) is 9.82. The lowest BCUT2D eigenvalue weighted by Gasteiger charge is -2.34. The van der Waals surface area contributed by atoms with E-state index in [4.69, 9.17) is 10.6 Å². The van der Waals surface area contributed by atoms with Crippen LogP contribution in [0.1, 0.15) is 27.2 Å². The number of nitrogens with two attached hydrogens (primary N) is 1. The molecule has 0 aromatic heterocycles. The molecule has 1 amide bonds. The number of carbonyl (C=O) groups is 1. The van der Waals surface area contributed by atoms with Gasteiger partial charge < -0.3 is 9.64 Å². The molecule has 5 nitrogen and oxygen atoms in total. The van der Waals surface area contributed by atoms with Crippen LogP contribution in [-0.2, 0) is 4.74 Å². The van der Waals surface area contributed by atoms with Crippen LogP contribution >= 0.6 is 0 Å². The second-order valence-corrected chi connectivity index (χ2v) is 4.50. The van der Waals surface area contributed by atoms with Gasteiger partial charge in [-0.2, -0.15) is 0 Å². The second kappa shape index (κ2) is 4.81. The standard InChI is InChI=1S/C10H21N3O2/c1-4-10(2,3)15-9(14)12-5-7-13(11)8-6-12/h4-8,11H2,1-3H3. The predicted molar refractivity (Wildman–Crippen MR) is 58.2 cm³/mol. The van der Waals surface area contributed by atoms with Crippen LogP contribution in [0.4, 0.5) is 4.79 Å². The summed E-state index contributed by atoms with van der Waals surface area (Å²) in [6, 6.07) is 0. The van der Waals surface area contributed by atoms with E-state index in [1.54, 1.807) is 9.91 Å². The molecule has 0 aromatic carbocycles. The van der Waals surface area contributed by atoms with Gasteiger partial charge in [-0.15, -0.1) is 0 Å². The van der Waals surface area contributed by atoms with E-state index in [1.807, 2.05) is 20.8 Å². The van der Waals surface area contributed by atoms with Crippen LogP contribution in [0, 0.1) is 0 Å². The summed E-state index contributed by atoms with van der Waals surface area (Å²) in [5, 5.41) is 1.72. The van der Waals surface area contributed by atoms with E-state index in [0.717, 1.165) is 6.42 Å². The number of nitrogens with zero attached hydrogens (tertiary/aromatic N) is 2. The molecule has 1 fully saturated rings. The molecule has 5 heteroatoms. The maximum Gasteiger partial charge on any atom is 0.410 e. The molecule has 1 rings (SSSR count). The molecule has 88 valence electrons. The van der Waals surface area contributed by atoms with Crippen LogP contribution in [0.15, 0.2) is 0 Å². The number of hydrazine groups is 1. The summed E-state index contributed by atoms with van der Waals surface area (Å²) in [5.74, 6) is 5.61. The van der Waals surface area contributed by atoms with Crippen LogP contribution < -0.4 is 5.84 Å². The molecule has 1 aliphatic heterocycles. The summed E-state index contributed by atoms with van der Waals surface area (Å²) in [6.07, 6.45) is 0.588. The van der Waals surface area contributed by atoms with E-state index in [9.17, 15) is 4.79 Å². The Morgan fingerprint density at radius 1 is 1.33 bits per heavy atom. The summed E-state index contributed by atoms with van der Waals surface area (Å²) in [5.41, 5.74) is -0.378. The van der Waals surface area contributed by atoms with Crippen molar-refractivity contribution in [3.8, 4) is 0 Å². The SMILES string of the molecule is CCC(C)(C)OC(=O)N1CCN(N)CC1. The number of amides is 1. The molecular formula is C10H21N3O2. The van der Waals surface area contributed by atoms with Crippen molar-refractivity contribution in [1.82, 2.24) is 9.91 Å². The van der Waals surface area contributed by atoms with E-state index in [-0.39, 0.29) is 11.7 Å². The van der Waals surface area contributed by atoms with Crippen LogP contribution in [0.25, 0.3) is 0 Å². The minimum absolute atomic E-state index is 0.227. The Kier molecular flexibility index (Phi) is 3.93. The largest absolute Gasteiger partial charge is 0.443 e.